The third kappa shape index (κ3) is 5.22. The molecule has 0 atom stereocenters. The number of anilines is 1. The summed E-state index contributed by atoms with van der Waals surface area (Å²) in [5.74, 6) is 2.23. The molecule has 0 N–H and O–H groups in total. The van der Waals surface area contributed by atoms with Gasteiger partial charge in [0.1, 0.15) is 5.75 Å². The van der Waals surface area contributed by atoms with Crippen LogP contribution in [0.1, 0.15) is 12.5 Å². The lowest BCUT2D eigenvalue weighted by Gasteiger charge is -2.35. The van der Waals surface area contributed by atoms with E-state index in [-0.39, 0.29) is 5.91 Å². The van der Waals surface area contributed by atoms with Gasteiger partial charge in [-0.3, -0.25) is 4.79 Å². The number of carbonyl (C=O) groups is 1. The molecule has 1 aliphatic rings. The maximum Gasteiger partial charge on any atom is 0.246 e. The van der Waals surface area contributed by atoms with E-state index in [1.165, 1.54) is 0 Å². The van der Waals surface area contributed by atoms with Gasteiger partial charge < -0.3 is 24.0 Å². The van der Waals surface area contributed by atoms with E-state index in [1.54, 1.807) is 20.3 Å². The van der Waals surface area contributed by atoms with Gasteiger partial charge in [0.05, 0.1) is 20.8 Å². The summed E-state index contributed by atoms with van der Waals surface area (Å²) in [5.41, 5.74) is 2.05. The third-order valence-corrected chi connectivity index (χ3v) is 4.93. The highest BCUT2D eigenvalue weighted by molar-refractivity contribution is 5.92. The van der Waals surface area contributed by atoms with E-state index in [0.29, 0.717) is 31.2 Å². The molecule has 1 amide bonds. The van der Waals surface area contributed by atoms with Crippen LogP contribution in [0, 0.1) is 0 Å². The average Bonchev–Trinajstić information content (AvgIpc) is 2.78. The molecule has 0 spiro atoms. The van der Waals surface area contributed by atoms with Crippen LogP contribution in [0.3, 0.4) is 0 Å². The van der Waals surface area contributed by atoms with Crippen molar-refractivity contribution in [2.24, 2.45) is 0 Å². The summed E-state index contributed by atoms with van der Waals surface area (Å²) in [6.45, 7) is 5.49. The highest BCUT2D eigenvalue weighted by Crippen LogP contribution is 2.28. The molecular formula is C23H28N2O4. The number of carbonyl (C=O) groups excluding carboxylic acids is 1. The van der Waals surface area contributed by atoms with Crippen molar-refractivity contribution in [3.63, 3.8) is 0 Å². The van der Waals surface area contributed by atoms with E-state index in [9.17, 15) is 4.79 Å². The van der Waals surface area contributed by atoms with E-state index in [0.717, 1.165) is 30.1 Å². The third-order valence-electron chi connectivity index (χ3n) is 4.93. The Balaban J connectivity index is 1.57. The minimum atomic E-state index is 0.0214. The smallest absolute Gasteiger partial charge is 0.246 e. The van der Waals surface area contributed by atoms with Crippen molar-refractivity contribution in [1.29, 1.82) is 0 Å². The van der Waals surface area contributed by atoms with Crippen LogP contribution in [0.5, 0.6) is 17.2 Å². The first kappa shape index (κ1) is 20.6. The first-order valence-corrected chi connectivity index (χ1v) is 9.81. The minimum absolute atomic E-state index is 0.0214. The maximum atomic E-state index is 12.6. The number of ether oxygens (including phenoxy) is 3. The van der Waals surface area contributed by atoms with Crippen LogP contribution in [0.2, 0.25) is 0 Å². The molecule has 6 heteroatoms. The summed E-state index contributed by atoms with van der Waals surface area (Å²) in [5, 5.41) is 0. The fourth-order valence-electron chi connectivity index (χ4n) is 3.32. The fourth-order valence-corrected chi connectivity index (χ4v) is 3.32. The van der Waals surface area contributed by atoms with Gasteiger partial charge in [0.15, 0.2) is 11.5 Å². The summed E-state index contributed by atoms with van der Waals surface area (Å²) in [6.07, 6.45) is 3.45. The molecule has 6 nitrogen and oxygen atoms in total. The number of nitrogens with zero attached hydrogens (tertiary/aromatic N) is 2. The first-order valence-electron chi connectivity index (χ1n) is 9.81. The number of benzene rings is 2. The Morgan fingerprint density at radius 3 is 2.31 bits per heavy atom. The summed E-state index contributed by atoms with van der Waals surface area (Å²) in [4.78, 5) is 16.7. The molecule has 0 aliphatic carbocycles. The lowest BCUT2D eigenvalue weighted by molar-refractivity contribution is -0.126. The lowest BCUT2D eigenvalue weighted by Crippen LogP contribution is -2.48. The molecule has 1 heterocycles. The van der Waals surface area contributed by atoms with Crippen LogP contribution < -0.4 is 19.1 Å². The molecule has 0 unspecified atom stereocenters. The monoisotopic (exact) mass is 396 g/mol. The second kappa shape index (κ2) is 9.87. The van der Waals surface area contributed by atoms with Crippen molar-refractivity contribution in [3.05, 3.63) is 54.1 Å². The molecule has 2 aromatic rings. The Morgan fingerprint density at radius 2 is 1.69 bits per heavy atom. The van der Waals surface area contributed by atoms with Crippen molar-refractivity contribution < 1.29 is 19.0 Å². The Morgan fingerprint density at radius 1 is 0.966 bits per heavy atom. The van der Waals surface area contributed by atoms with Gasteiger partial charge in [0, 0.05) is 37.9 Å². The molecular weight excluding hydrogens is 368 g/mol. The highest BCUT2D eigenvalue weighted by atomic mass is 16.5. The van der Waals surface area contributed by atoms with Crippen molar-refractivity contribution in [2.75, 3.05) is 51.9 Å². The molecule has 1 aliphatic heterocycles. The van der Waals surface area contributed by atoms with Gasteiger partial charge in [-0.15, -0.1) is 0 Å². The zero-order valence-electron chi connectivity index (χ0n) is 17.3. The van der Waals surface area contributed by atoms with Crippen molar-refractivity contribution >= 4 is 17.7 Å². The largest absolute Gasteiger partial charge is 0.497 e. The van der Waals surface area contributed by atoms with Gasteiger partial charge in [0.2, 0.25) is 5.91 Å². The summed E-state index contributed by atoms with van der Waals surface area (Å²) < 4.78 is 16.1. The summed E-state index contributed by atoms with van der Waals surface area (Å²) in [6, 6.07) is 13.7. The molecule has 3 rings (SSSR count). The number of hydrogen-bond acceptors (Lipinski definition) is 5. The van der Waals surface area contributed by atoms with Gasteiger partial charge in [-0.05, 0) is 55.0 Å². The molecule has 1 saturated heterocycles. The standard InChI is InChI=1S/C23H28N2O4/c1-4-29-22-17-18(5-11-21(22)28-3)6-12-23(26)25-15-13-24(14-16-25)19-7-9-20(27-2)10-8-19/h5-12,17H,4,13-16H2,1-3H3/b12-6+. The Bertz CT molecular complexity index is 840. The van der Waals surface area contributed by atoms with Gasteiger partial charge >= 0.3 is 0 Å². The van der Waals surface area contributed by atoms with E-state index < -0.39 is 0 Å². The molecule has 2 aromatic carbocycles. The predicted octanol–water partition coefficient (Wildman–Crippen LogP) is 3.46. The van der Waals surface area contributed by atoms with Gasteiger partial charge in [0.25, 0.3) is 0 Å². The maximum absolute atomic E-state index is 12.6. The SMILES string of the molecule is CCOc1cc(/C=C/C(=O)N2CCN(c3ccc(OC)cc3)CC2)ccc1OC. The average molecular weight is 396 g/mol. The van der Waals surface area contributed by atoms with Gasteiger partial charge in [-0.2, -0.15) is 0 Å². The van der Waals surface area contributed by atoms with Crippen molar-refractivity contribution in [3.8, 4) is 17.2 Å². The fraction of sp³-hybridized carbons (Fsp3) is 0.348. The predicted molar refractivity (Wildman–Crippen MR) is 115 cm³/mol. The van der Waals surface area contributed by atoms with Crippen molar-refractivity contribution in [1.82, 2.24) is 4.90 Å². The van der Waals surface area contributed by atoms with E-state index in [4.69, 9.17) is 14.2 Å². The van der Waals surface area contributed by atoms with Crippen LogP contribution >= 0.6 is 0 Å². The van der Waals surface area contributed by atoms with E-state index in [2.05, 4.69) is 17.0 Å². The molecule has 1 fully saturated rings. The molecule has 29 heavy (non-hydrogen) atoms. The number of amides is 1. The second-order valence-electron chi connectivity index (χ2n) is 6.69. The molecule has 0 radical (unpaired) electrons. The highest BCUT2D eigenvalue weighted by Gasteiger charge is 2.19. The molecule has 154 valence electrons. The van der Waals surface area contributed by atoms with Crippen LogP contribution in [0.25, 0.3) is 6.08 Å². The number of piperazine rings is 1. The Hall–Kier alpha value is -3.15. The number of rotatable bonds is 7. The number of hydrogen-bond donors (Lipinski definition) is 0. The minimum Gasteiger partial charge on any atom is -0.497 e. The zero-order valence-corrected chi connectivity index (χ0v) is 17.3. The molecule has 0 bridgehead atoms. The van der Waals surface area contributed by atoms with Crippen molar-refractivity contribution in [2.45, 2.75) is 6.92 Å². The second-order valence-corrected chi connectivity index (χ2v) is 6.69. The Kier molecular flexibility index (Phi) is 7.00. The molecule has 0 aromatic heterocycles. The molecule has 0 saturated carbocycles. The summed E-state index contributed by atoms with van der Waals surface area (Å²) >= 11 is 0. The quantitative estimate of drug-likeness (QED) is 0.671. The van der Waals surface area contributed by atoms with E-state index >= 15 is 0 Å². The number of methoxy groups -OCH3 is 2. The topological polar surface area (TPSA) is 51.2 Å². The zero-order chi connectivity index (χ0) is 20.6. The van der Waals surface area contributed by atoms with Gasteiger partial charge in [-0.25, -0.2) is 0 Å². The Labute approximate surface area is 172 Å². The lowest BCUT2D eigenvalue weighted by atomic mass is 10.1. The first-order chi connectivity index (χ1) is 14.1. The van der Waals surface area contributed by atoms with Crippen LogP contribution in [0.15, 0.2) is 48.5 Å². The van der Waals surface area contributed by atoms with E-state index in [1.807, 2.05) is 48.2 Å². The van der Waals surface area contributed by atoms with Crippen LogP contribution in [-0.4, -0.2) is 57.8 Å². The van der Waals surface area contributed by atoms with Crippen LogP contribution in [-0.2, 0) is 4.79 Å². The normalized spacial score (nSPS) is 14.2. The summed E-state index contributed by atoms with van der Waals surface area (Å²) in [7, 11) is 3.28. The van der Waals surface area contributed by atoms with Gasteiger partial charge in [-0.1, -0.05) is 6.07 Å². The van der Waals surface area contributed by atoms with Crippen LogP contribution in [0.4, 0.5) is 5.69 Å².